The Morgan fingerprint density at radius 2 is 1.75 bits per heavy atom. The van der Waals surface area contributed by atoms with Crippen LogP contribution in [0.25, 0.3) is 0 Å². The van der Waals surface area contributed by atoms with Crippen LogP contribution in [0.15, 0.2) is 61.2 Å². The molecule has 0 saturated heterocycles. The lowest BCUT2D eigenvalue weighted by Gasteiger charge is -2.07. The van der Waals surface area contributed by atoms with Crippen LogP contribution in [-0.4, -0.2) is 20.9 Å². The minimum absolute atomic E-state index is 0.165. The van der Waals surface area contributed by atoms with E-state index >= 15 is 0 Å². The quantitative estimate of drug-likeness (QED) is 0.744. The molecule has 6 nitrogen and oxygen atoms in total. The third-order valence-corrected chi connectivity index (χ3v) is 3.42. The van der Waals surface area contributed by atoms with E-state index in [2.05, 4.69) is 25.6 Å². The van der Waals surface area contributed by atoms with Gasteiger partial charge in [-0.05, 0) is 29.8 Å². The van der Waals surface area contributed by atoms with Gasteiger partial charge in [-0.15, -0.1) is 0 Å². The summed E-state index contributed by atoms with van der Waals surface area (Å²) in [7, 11) is 0. The van der Waals surface area contributed by atoms with E-state index < -0.39 is 0 Å². The van der Waals surface area contributed by atoms with Crippen LogP contribution in [0.4, 0.5) is 11.5 Å². The van der Waals surface area contributed by atoms with Crippen LogP contribution >= 0.6 is 11.6 Å². The van der Waals surface area contributed by atoms with E-state index in [0.29, 0.717) is 28.8 Å². The molecule has 0 aliphatic carbocycles. The first kappa shape index (κ1) is 15.9. The molecule has 3 rings (SSSR count). The van der Waals surface area contributed by atoms with Gasteiger partial charge >= 0.3 is 0 Å². The lowest BCUT2D eigenvalue weighted by molar-refractivity contribution is 0.102. The lowest BCUT2D eigenvalue weighted by Crippen LogP contribution is -2.12. The number of nitrogens with zero attached hydrogens (tertiary/aromatic N) is 3. The van der Waals surface area contributed by atoms with E-state index in [0.717, 1.165) is 5.56 Å². The molecule has 0 aliphatic rings. The number of aromatic nitrogens is 3. The zero-order chi connectivity index (χ0) is 16.8. The minimum atomic E-state index is -0.165. The summed E-state index contributed by atoms with van der Waals surface area (Å²) < 4.78 is 0. The van der Waals surface area contributed by atoms with Crippen molar-refractivity contribution in [1.82, 2.24) is 15.0 Å². The maximum Gasteiger partial charge on any atom is 0.255 e. The third-order valence-electron chi connectivity index (χ3n) is 3.23. The Labute approximate surface area is 143 Å². The normalized spacial score (nSPS) is 10.2. The van der Waals surface area contributed by atoms with Crippen molar-refractivity contribution in [1.29, 1.82) is 0 Å². The predicted molar refractivity (Wildman–Crippen MR) is 93.0 cm³/mol. The average Bonchev–Trinajstić information content (AvgIpc) is 2.61. The number of anilines is 2. The van der Waals surface area contributed by atoms with Crippen LogP contribution in [0.5, 0.6) is 0 Å². The van der Waals surface area contributed by atoms with Gasteiger partial charge < -0.3 is 10.6 Å². The first-order valence-electron chi connectivity index (χ1n) is 7.22. The number of nitrogens with one attached hydrogen (secondary N) is 2. The molecule has 7 heteroatoms. The van der Waals surface area contributed by atoms with E-state index in [4.69, 9.17) is 11.6 Å². The monoisotopic (exact) mass is 339 g/mol. The maximum absolute atomic E-state index is 12.2. The Hall–Kier alpha value is -2.99. The van der Waals surface area contributed by atoms with E-state index in [1.54, 1.807) is 42.9 Å². The molecule has 0 aliphatic heterocycles. The van der Waals surface area contributed by atoms with E-state index in [9.17, 15) is 4.79 Å². The van der Waals surface area contributed by atoms with Gasteiger partial charge in [-0.25, -0.2) is 4.98 Å². The Morgan fingerprint density at radius 3 is 2.46 bits per heavy atom. The minimum Gasteiger partial charge on any atom is -0.365 e. The maximum atomic E-state index is 12.2. The highest BCUT2D eigenvalue weighted by Gasteiger charge is 2.06. The molecule has 2 aromatic heterocycles. The largest absolute Gasteiger partial charge is 0.365 e. The molecule has 2 heterocycles. The number of pyridine rings is 1. The van der Waals surface area contributed by atoms with Crippen LogP contribution in [0, 0.1) is 0 Å². The molecule has 24 heavy (non-hydrogen) atoms. The smallest absolute Gasteiger partial charge is 0.255 e. The summed E-state index contributed by atoms with van der Waals surface area (Å²) in [6.07, 6.45) is 6.33. The van der Waals surface area contributed by atoms with E-state index in [-0.39, 0.29) is 5.91 Å². The molecule has 1 amide bonds. The topological polar surface area (TPSA) is 79.8 Å². The Bertz CT molecular complexity index is 824. The highest BCUT2D eigenvalue weighted by Crippen LogP contribution is 2.11. The van der Waals surface area contributed by atoms with Crippen molar-refractivity contribution in [3.05, 3.63) is 77.5 Å². The molecule has 0 atom stereocenters. The van der Waals surface area contributed by atoms with Crippen molar-refractivity contribution >= 4 is 29.0 Å². The Kier molecular flexibility index (Phi) is 4.98. The van der Waals surface area contributed by atoms with Crippen LogP contribution in [-0.2, 0) is 6.54 Å². The Morgan fingerprint density at radius 1 is 1.00 bits per heavy atom. The van der Waals surface area contributed by atoms with Crippen molar-refractivity contribution in [2.45, 2.75) is 6.54 Å². The number of hydrogen-bond acceptors (Lipinski definition) is 5. The first-order valence-corrected chi connectivity index (χ1v) is 7.60. The fourth-order valence-electron chi connectivity index (χ4n) is 2.03. The van der Waals surface area contributed by atoms with E-state index in [1.165, 1.54) is 6.20 Å². The number of benzene rings is 1. The highest BCUT2D eigenvalue weighted by atomic mass is 35.5. The van der Waals surface area contributed by atoms with Gasteiger partial charge in [0.15, 0.2) is 0 Å². The first-order chi connectivity index (χ1) is 11.7. The van der Waals surface area contributed by atoms with Gasteiger partial charge in [0.1, 0.15) is 11.0 Å². The Balaban J connectivity index is 1.59. The van der Waals surface area contributed by atoms with Gasteiger partial charge in [0, 0.05) is 30.2 Å². The number of halogens is 1. The molecular weight excluding hydrogens is 326 g/mol. The zero-order valence-electron chi connectivity index (χ0n) is 12.6. The van der Waals surface area contributed by atoms with Crippen LogP contribution in [0.1, 0.15) is 15.9 Å². The summed E-state index contributed by atoms with van der Waals surface area (Å²) in [6.45, 7) is 0.557. The molecule has 0 saturated carbocycles. The molecule has 3 aromatic rings. The molecule has 0 fully saturated rings. The fraction of sp³-hybridized carbons (Fsp3) is 0.0588. The van der Waals surface area contributed by atoms with Crippen molar-refractivity contribution < 1.29 is 4.79 Å². The summed E-state index contributed by atoms with van der Waals surface area (Å²) in [5.74, 6) is 0.434. The van der Waals surface area contributed by atoms with Gasteiger partial charge in [0.25, 0.3) is 5.91 Å². The summed E-state index contributed by atoms with van der Waals surface area (Å²) >= 11 is 5.79. The van der Waals surface area contributed by atoms with E-state index in [1.807, 2.05) is 12.1 Å². The highest BCUT2D eigenvalue weighted by molar-refractivity contribution is 6.29. The van der Waals surface area contributed by atoms with Gasteiger partial charge in [0.05, 0.1) is 12.4 Å². The molecule has 2 N–H and O–H groups in total. The molecule has 1 aromatic carbocycles. The van der Waals surface area contributed by atoms with Crippen LogP contribution in [0.2, 0.25) is 5.15 Å². The summed E-state index contributed by atoms with van der Waals surface area (Å²) in [5.41, 5.74) is 2.30. The third kappa shape index (κ3) is 4.27. The number of carbonyl (C=O) groups is 1. The van der Waals surface area contributed by atoms with Crippen molar-refractivity contribution in [2.24, 2.45) is 0 Å². The van der Waals surface area contributed by atoms with Gasteiger partial charge in [-0.2, -0.15) is 0 Å². The number of hydrogen-bond donors (Lipinski definition) is 2. The fourth-order valence-corrected chi connectivity index (χ4v) is 2.18. The second-order valence-corrected chi connectivity index (χ2v) is 5.35. The summed E-state index contributed by atoms with van der Waals surface area (Å²) in [5, 5.41) is 6.28. The molecular formula is C17H14ClN5O. The van der Waals surface area contributed by atoms with Crippen molar-refractivity contribution in [2.75, 3.05) is 10.6 Å². The molecule has 0 spiro atoms. The standard InChI is InChI=1S/C17H14ClN5O/c18-15-10-20-11-16(23-15)21-9-12-1-3-13(4-2-12)17(24)22-14-5-7-19-8-6-14/h1-8,10-11H,9H2,(H,21,23)(H,19,22,24). The molecule has 0 unspecified atom stereocenters. The molecule has 0 bridgehead atoms. The number of rotatable bonds is 5. The molecule has 0 radical (unpaired) electrons. The lowest BCUT2D eigenvalue weighted by atomic mass is 10.1. The van der Waals surface area contributed by atoms with Crippen LogP contribution < -0.4 is 10.6 Å². The zero-order valence-corrected chi connectivity index (χ0v) is 13.4. The number of amides is 1. The number of carbonyl (C=O) groups excluding carboxylic acids is 1. The average molecular weight is 340 g/mol. The summed E-state index contributed by atoms with van der Waals surface area (Å²) in [4.78, 5) is 24.1. The summed E-state index contributed by atoms with van der Waals surface area (Å²) in [6, 6.07) is 10.8. The van der Waals surface area contributed by atoms with Gasteiger partial charge in [-0.1, -0.05) is 23.7 Å². The van der Waals surface area contributed by atoms with Crippen molar-refractivity contribution in [3.63, 3.8) is 0 Å². The molecule has 120 valence electrons. The second-order valence-electron chi connectivity index (χ2n) is 4.97. The van der Waals surface area contributed by atoms with Crippen LogP contribution in [0.3, 0.4) is 0 Å². The van der Waals surface area contributed by atoms with Crippen molar-refractivity contribution in [3.8, 4) is 0 Å². The predicted octanol–water partition coefficient (Wildman–Crippen LogP) is 3.39. The SMILES string of the molecule is O=C(Nc1ccncc1)c1ccc(CNc2cncc(Cl)n2)cc1. The van der Waals surface area contributed by atoms with Gasteiger partial charge in [0.2, 0.25) is 0 Å². The second kappa shape index (κ2) is 7.52. The van der Waals surface area contributed by atoms with Gasteiger partial charge in [-0.3, -0.25) is 14.8 Å².